The Hall–Kier alpha value is -0.730. The van der Waals surface area contributed by atoms with E-state index in [1.54, 1.807) is 23.1 Å². The zero-order valence-electron chi connectivity index (χ0n) is 8.76. The molecule has 1 rings (SSSR count). The summed E-state index contributed by atoms with van der Waals surface area (Å²) in [6.07, 6.45) is 0. The molecule has 0 radical (unpaired) electrons. The van der Waals surface area contributed by atoms with Gasteiger partial charge in [-0.1, -0.05) is 23.2 Å². The van der Waals surface area contributed by atoms with Crippen LogP contribution in [0.25, 0.3) is 0 Å². The van der Waals surface area contributed by atoms with Crippen molar-refractivity contribution in [3.63, 3.8) is 0 Å². The first kappa shape index (κ1) is 12.3. The number of hydrogen-bond acceptors (Lipinski definition) is 1. The van der Waals surface area contributed by atoms with Crippen molar-refractivity contribution < 1.29 is 4.79 Å². The molecule has 1 aromatic rings. The molecule has 0 aromatic heterocycles. The van der Waals surface area contributed by atoms with Gasteiger partial charge in [-0.25, -0.2) is 0 Å². The van der Waals surface area contributed by atoms with E-state index in [1.165, 1.54) is 0 Å². The maximum absolute atomic E-state index is 11.9. The van der Waals surface area contributed by atoms with E-state index in [1.807, 2.05) is 13.8 Å². The lowest BCUT2D eigenvalue weighted by atomic mass is 10.2. The lowest BCUT2D eigenvalue weighted by molar-refractivity contribution is 0.0773. The standard InChI is InChI=1S/C11H13Cl2NO/c1-3-14(4-2)11(15)8-5-6-9(12)10(13)7-8/h5-7H,3-4H2,1-2H3. The minimum absolute atomic E-state index is 0.0152. The van der Waals surface area contributed by atoms with Gasteiger partial charge in [-0.15, -0.1) is 0 Å². The van der Waals surface area contributed by atoms with E-state index >= 15 is 0 Å². The third kappa shape index (κ3) is 2.86. The summed E-state index contributed by atoms with van der Waals surface area (Å²) in [5.74, 6) is -0.0152. The summed E-state index contributed by atoms with van der Waals surface area (Å²) in [4.78, 5) is 13.6. The molecular weight excluding hydrogens is 233 g/mol. The van der Waals surface area contributed by atoms with Crippen molar-refractivity contribution in [2.24, 2.45) is 0 Å². The number of hydrogen-bond donors (Lipinski definition) is 0. The van der Waals surface area contributed by atoms with Gasteiger partial charge in [-0.05, 0) is 32.0 Å². The summed E-state index contributed by atoms with van der Waals surface area (Å²) in [5, 5.41) is 0.877. The van der Waals surface area contributed by atoms with Gasteiger partial charge in [-0.2, -0.15) is 0 Å². The Morgan fingerprint density at radius 2 is 1.80 bits per heavy atom. The van der Waals surface area contributed by atoms with Gasteiger partial charge in [-0.3, -0.25) is 4.79 Å². The van der Waals surface area contributed by atoms with Crippen LogP contribution in [-0.4, -0.2) is 23.9 Å². The van der Waals surface area contributed by atoms with Crippen molar-refractivity contribution in [3.8, 4) is 0 Å². The van der Waals surface area contributed by atoms with Crippen LogP contribution in [0.1, 0.15) is 24.2 Å². The second-order valence-corrected chi connectivity index (χ2v) is 3.92. The summed E-state index contributed by atoms with van der Waals surface area (Å²) in [6.45, 7) is 5.27. The molecule has 0 aliphatic rings. The molecule has 2 nitrogen and oxygen atoms in total. The molecule has 0 atom stereocenters. The lowest BCUT2D eigenvalue weighted by Crippen LogP contribution is -2.30. The molecule has 0 N–H and O–H groups in total. The number of halogens is 2. The largest absolute Gasteiger partial charge is 0.339 e. The molecule has 0 bridgehead atoms. The fraction of sp³-hybridized carbons (Fsp3) is 0.364. The summed E-state index contributed by atoms with van der Waals surface area (Å²) >= 11 is 11.6. The van der Waals surface area contributed by atoms with Crippen LogP contribution in [0.2, 0.25) is 10.0 Å². The first-order valence-corrected chi connectivity index (χ1v) is 5.60. The number of carbonyl (C=O) groups is 1. The fourth-order valence-corrected chi connectivity index (χ4v) is 1.62. The highest BCUT2D eigenvalue weighted by atomic mass is 35.5. The quantitative estimate of drug-likeness (QED) is 0.799. The molecular formula is C11H13Cl2NO. The van der Waals surface area contributed by atoms with Crippen LogP contribution in [0.4, 0.5) is 0 Å². The maximum Gasteiger partial charge on any atom is 0.253 e. The van der Waals surface area contributed by atoms with Gasteiger partial charge in [0.05, 0.1) is 10.0 Å². The van der Waals surface area contributed by atoms with E-state index in [0.29, 0.717) is 28.7 Å². The highest BCUT2D eigenvalue weighted by Gasteiger charge is 2.13. The first-order chi connectivity index (χ1) is 7.10. The summed E-state index contributed by atoms with van der Waals surface area (Å²) in [7, 11) is 0. The Labute approximate surface area is 99.8 Å². The summed E-state index contributed by atoms with van der Waals surface area (Å²) in [5.41, 5.74) is 0.577. The second-order valence-electron chi connectivity index (χ2n) is 3.11. The highest BCUT2D eigenvalue weighted by molar-refractivity contribution is 6.42. The molecule has 0 saturated carbocycles. The lowest BCUT2D eigenvalue weighted by Gasteiger charge is -2.18. The predicted molar refractivity (Wildman–Crippen MR) is 63.7 cm³/mol. The predicted octanol–water partition coefficient (Wildman–Crippen LogP) is 3.48. The molecule has 4 heteroatoms. The van der Waals surface area contributed by atoms with Gasteiger partial charge in [0.1, 0.15) is 0 Å². The van der Waals surface area contributed by atoms with Gasteiger partial charge in [0.25, 0.3) is 5.91 Å². The number of rotatable bonds is 3. The van der Waals surface area contributed by atoms with Gasteiger partial charge in [0, 0.05) is 18.7 Å². The monoisotopic (exact) mass is 245 g/mol. The Balaban J connectivity index is 2.96. The Morgan fingerprint density at radius 1 is 1.20 bits per heavy atom. The third-order valence-electron chi connectivity index (χ3n) is 2.22. The molecule has 0 aliphatic heterocycles. The van der Waals surface area contributed by atoms with Crippen LogP contribution in [0, 0.1) is 0 Å². The van der Waals surface area contributed by atoms with Crippen LogP contribution in [0.5, 0.6) is 0 Å². The van der Waals surface area contributed by atoms with Gasteiger partial charge >= 0.3 is 0 Å². The van der Waals surface area contributed by atoms with Crippen LogP contribution in [0.3, 0.4) is 0 Å². The maximum atomic E-state index is 11.9. The first-order valence-electron chi connectivity index (χ1n) is 4.84. The molecule has 0 spiro atoms. The molecule has 0 unspecified atom stereocenters. The fourth-order valence-electron chi connectivity index (χ4n) is 1.32. The normalized spacial score (nSPS) is 10.1. The van der Waals surface area contributed by atoms with Crippen molar-refractivity contribution in [2.75, 3.05) is 13.1 Å². The Morgan fingerprint density at radius 3 is 2.27 bits per heavy atom. The average molecular weight is 246 g/mol. The van der Waals surface area contributed by atoms with E-state index in [-0.39, 0.29) is 5.91 Å². The number of benzene rings is 1. The zero-order chi connectivity index (χ0) is 11.4. The average Bonchev–Trinajstić information content (AvgIpc) is 2.23. The minimum Gasteiger partial charge on any atom is -0.339 e. The molecule has 1 amide bonds. The molecule has 82 valence electrons. The van der Waals surface area contributed by atoms with Gasteiger partial charge in [0.15, 0.2) is 0 Å². The zero-order valence-corrected chi connectivity index (χ0v) is 10.3. The molecule has 0 saturated heterocycles. The Bertz CT molecular complexity index is 362. The van der Waals surface area contributed by atoms with Crippen molar-refractivity contribution in [1.82, 2.24) is 4.90 Å². The van der Waals surface area contributed by atoms with E-state index < -0.39 is 0 Å². The van der Waals surface area contributed by atoms with E-state index in [4.69, 9.17) is 23.2 Å². The van der Waals surface area contributed by atoms with E-state index in [2.05, 4.69) is 0 Å². The van der Waals surface area contributed by atoms with Crippen molar-refractivity contribution in [1.29, 1.82) is 0 Å². The van der Waals surface area contributed by atoms with Crippen molar-refractivity contribution in [2.45, 2.75) is 13.8 Å². The van der Waals surface area contributed by atoms with E-state index in [9.17, 15) is 4.79 Å². The topological polar surface area (TPSA) is 20.3 Å². The smallest absolute Gasteiger partial charge is 0.253 e. The highest BCUT2D eigenvalue weighted by Crippen LogP contribution is 2.23. The van der Waals surface area contributed by atoms with Crippen molar-refractivity contribution >= 4 is 29.1 Å². The van der Waals surface area contributed by atoms with Crippen LogP contribution < -0.4 is 0 Å². The van der Waals surface area contributed by atoms with Crippen LogP contribution in [0.15, 0.2) is 18.2 Å². The third-order valence-corrected chi connectivity index (χ3v) is 2.96. The SMILES string of the molecule is CCN(CC)C(=O)c1ccc(Cl)c(Cl)c1. The number of amides is 1. The van der Waals surface area contributed by atoms with Gasteiger partial charge in [0.2, 0.25) is 0 Å². The van der Waals surface area contributed by atoms with Crippen molar-refractivity contribution in [3.05, 3.63) is 33.8 Å². The molecule has 0 aliphatic carbocycles. The molecule has 0 heterocycles. The Kier molecular flexibility index (Phi) is 4.43. The molecule has 15 heavy (non-hydrogen) atoms. The molecule has 0 fully saturated rings. The van der Waals surface area contributed by atoms with E-state index in [0.717, 1.165) is 0 Å². The second kappa shape index (κ2) is 5.38. The minimum atomic E-state index is -0.0152. The number of nitrogens with zero attached hydrogens (tertiary/aromatic N) is 1. The molecule has 1 aromatic carbocycles. The summed E-state index contributed by atoms with van der Waals surface area (Å²) < 4.78 is 0. The van der Waals surface area contributed by atoms with Crippen LogP contribution >= 0.6 is 23.2 Å². The number of carbonyl (C=O) groups excluding carboxylic acids is 1. The summed E-state index contributed by atoms with van der Waals surface area (Å²) in [6, 6.07) is 4.93. The van der Waals surface area contributed by atoms with Gasteiger partial charge < -0.3 is 4.90 Å². The van der Waals surface area contributed by atoms with Crippen LogP contribution in [-0.2, 0) is 0 Å².